The minimum absolute atomic E-state index is 0.160. The van der Waals surface area contributed by atoms with Crippen molar-refractivity contribution in [3.05, 3.63) is 23.5 Å². The van der Waals surface area contributed by atoms with E-state index in [1.807, 2.05) is 13.8 Å². The molecule has 8 heteroatoms. The van der Waals surface area contributed by atoms with Crippen LogP contribution in [0.5, 0.6) is 0 Å². The van der Waals surface area contributed by atoms with Crippen molar-refractivity contribution in [2.45, 2.75) is 50.2 Å². The maximum Gasteiger partial charge on any atom is 0.246 e. The topological polar surface area (TPSA) is 75.7 Å². The highest BCUT2D eigenvalue weighted by molar-refractivity contribution is 7.89. The first kappa shape index (κ1) is 17.3. The molecule has 2 heterocycles. The second kappa shape index (κ2) is 5.79. The molecule has 1 aromatic rings. The molecule has 132 valence electrons. The maximum absolute atomic E-state index is 14.5. The Morgan fingerprint density at radius 1 is 1.33 bits per heavy atom. The fourth-order valence-electron chi connectivity index (χ4n) is 3.29. The fourth-order valence-corrected chi connectivity index (χ4v) is 5.06. The number of nitrogens with one attached hydrogen (secondary N) is 1. The Morgan fingerprint density at radius 2 is 2.04 bits per heavy atom. The number of ether oxygens (including phenoxy) is 1. The van der Waals surface area contributed by atoms with E-state index >= 15 is 0 Å². The van der Waals surface area contributed by atoms with Gasteiger partial charge in [0, 0.05) is 25.2 Å². The second-order valence-electron chi connectivity index (χ2n) is 6.97. The molecule has 0 bridgehead atoms. The Morgan fingerprint density at radius 3 is 2.71 bits per heavy atom. The number of benzene rings is 1. The van der Waals surface area contributed by atoms with E-state index in [9.17, 15) is 17.6 Å². The molecular formula is C16H21FN2O4S. The zero-order chi connectivity index (χ0) is 17.7. The van der Waals surface area contributed by atoms with Gasteiger partial charge in [0.15, 0.2) is 0 Å². The van der Waals surface area contributed by atoms with Crippen molar-refractivity contribution in [3.8, 4) is 0 Å². The number of sulfonamides is 1. The van der Waals surface area contributed by atoms with Crippen LogP contribution >= 0.6 is 0 Å². The smallest absolute Gasteiger partial charge is 0.246 e. The van der Waals surface area contributed by atoms with E-state index < -0.39 is 21.4 Å². The van der Waals surface area contributed by atoms with Crippen molar-refractivity contribution >= 4 is 21.6 Å². The molecule has 0 aliphatic carbocycles. The molecule has 1 amide bonds. The number of nitrogens with zero attached hydrogens (tertiary/aromatic N) is 1. The molecule has 2 aliphatic rings. The zero-order valence-corrected chi connectivity index (χ0v) is 14.7. The molecule has 0 aromatic heterocycles. The monoisotopic (exact) mass is 356 g/mol. The van der Waals surface area contributed by atoms with Crippen LogP contribution in [0.1, 0.15) is 32.8 Å². The molecule has 3 rings (SSSR count). The Hall–Kier alpha value is -1.51. The number of carbonyl (C=O) groups excluding carboxylic acids is 1. The van der Waals surface area contributed by atoms with Crippen LogP contribution in [0.2, 0.25) is 0 Å². The van der Waals surface area contributed by atoms with E-state index in [1.165, 1.54) is 10.4 Å². The quantitative estimate of drug-likeness (QED) is 0.878. The van der Waals surface area contributed by atoms with E-state index in [0.717, 1.165) is 6.07 Å². The first-order chi connectivity index (χ1) is 11.1. The number of rotatable bonds is 2. The van der Waals surface area contributed by atoms with Gasteiger partial charge in [0.2, 0.25) is 15.9 Å². The highest BCUT2D eigenvalue weighted by atomic mass is 32.2. The summed E-state index contributed by atoms with van der Waals surface area (Å²) in [6, 6.07) is 2.43. The van der Waals surface area contributed by atoms with Crippen LogP contribution in [-0.2, 0) is 26.0 Å². The second-order valence-corrected chi connectivity index (χ2v) is 8.88. The summed E-state index contributed by atoms with van der Waals surface area (Å²) in [5, 5.41) is 2.57. The molecule has 2 aliphatic heterocycles. The summed E-state index contributed by atoms with van der Waals surface area (Å²) in [4.78, 5) is 11.1. The minimum Gasteiger partial charge on any atom is -0.370 e. The maximum atomic E-state index is 14.5. The van der Waals surface area contributed by atoms with Crippen LogP contribution in [0.25, 0.3) is 0 Å². The lowest BCUT2D eigenvalue weighted by molar-refractivity contribution is -0.116. The Kier molecular flexibility index (Phi) is 4.17. The number of morpholine rings is 1. The zero-order valence-electron chi connectivity index (χ0n) is 13.9. The standard InChI is InChI=1S/C16H21FN2O4S/c1-10-8-19(9-16(2,3)23-10)24(21,22)14-6-11-4-5-15(20)18-13(11)7-12(14)17/h6-7,10H,4-5,8-9H2,1-3H3,(H,18,20). The van der Waals surface area contributed by atoms with E-state index in [-0.39, 0.29) is 36.4 Å². The number of anilines is 1. The summed E-state index contributed by atoms with van der Waals surface area (Å²) in [5.74, 6) is -1.05. The number of carbonyl (C=O) groups is 1. The molecule has 0 radical (unpaired) electrons. The third kappa shape index (κ3) is 3.18. The predicted molar refractivity (Wildman–Crippen MR) is 86.7 cm³/mol. The molecule has 1 N–H and O–H groups in total. The highest BCUT2D eigenvalue weighted by Crippen LogP contribution is 2.32. The SMILES string of the molecule is CC1CN(S(=O)(=O)c2cc3c(cc2F)NC(=O)CC3)CC(C)(C)O1. The van der Waals surface area contributed by atoms with Crippen LogP contribution in [0.15, 0.2) is 17.0 Å². The largest absolute Gasteiger partial charge is 0.370 e. The molecule has 0 saturated carbocycles. The van der Waals surface area contributed by atoms with Crippen LogP contribution in [0.3, 0.4) is 0 Å². The van der Waals surface area contributed by atoms with Crippen molar-refractivity contribution in [2.75, 3.05) is 18.4 Å². The van der Waals surface area contributed by atoms with Crippen molar-refractivity contribution < 1.29 is 22.3 Å². The van der Waals surface area contributed by atoms with Crippen LogP contribution in [0.4, 0.5) is 10.1 Å². The lowest BCUT2D eigenvalue weighted by Gasteiger charge is -2.41. The molecule has 1 fully saturated rings. The summed E-state index contributed by atoms with van der Waals surface area (Å²) in [7, 11) is -3.98. The van der Waals surface area contributed by atoms with E-state index in [2.05, 4.69) is 5.32 Å². The third-order valence-electron chi connectivity index (χ3n) is 4.21. The highest BCUT2D eigenvalue weighted by Gasteiger charge is 2.39. The Balaban J connectivity index is 2.00. The number of amides is 1. The Labute approximate surface area is 141 Å². The molecule has 1 unspecified atom stereocenters. The van der Waals surface area contributed by atoms with E-state index in [4.69, 9.17) is 4.74 Å². The van der Waals surface area contributed by atoms with Crippen molar-refractivity contribution in [1.82, 2.24) is 4.31 Å². The molecule has 1 atom stereocenters. The summed E-state index contributed by atoms with van der Waals surface area (Å²) in [6.07, 6.45) is 0.387. The third-order valence-corrected chi connectivity index (χ3v) is 6.04. The number of fused-ring (bicyclic) bond motifs is 1. The van der Waals surface area contributed by atoms with Gasteiger partial charge in [0.05, 0.1) is 11.7 Å². The van der Waals surface area contributed by atoms with Gasteiger partial charge >= 0.3 is 0 Å². The van der Waals surface area contributed by atoms with Crippen LogP contribution < -0.4 is 5.32 Å². The van der Waals surface area contributed by atoms with Crippen molar-refractivity contribution in [3.63, 3.8) is 0 Å². The first-order valence-corrected chi connectivity index (χ1v) is 9.33. The van der Waals surface area contributed by atoms with Gasteiger partial charge < -0.3 is 10.1 Å². The predicted octanol–water partition coefficient (Wildman–Crippen LogP) is 1.90. The van der Waals surface area contributed by atoms with Gasteiger partial charge in [-0.1, -0.05) is 0 Å². The summed E-state index contributed by atoms with van der Waals surface area (Å²) in [6.45, 7) is 5.75. The molecular weight excluding hydrogens is 335 g/mol. The molecule has 1 saturated heterocycles. The minimum atomic E-state index is -3.98. The van der Waals surface area contributed by atoms with Crippen molar-refractivity contribution in [1.29, 1.82) is 0 Å². The summed E-state index contributed by atoms with van der Waals surface area (Å²) >= 11 is 0. The van der Waals surface area contributed by atoms with Gasteiger partial charge in [-0.15, -0.1) is 0 Å². The van der Waals surface area contributed by atoms with E-state index in [0.29, 0.717) is 17.7 Å². The summed E-state index contributed by atoms with van der Waals surface area (Å²) < 4.78 is 47.3. The molecule has 6 nitrogen and oxygen atoms in total. The van der Waals surface area contributed by atoms with Crippen LogP contribution in [0, 0.1) is 5.82 Å². The van der Waals surface area contributed by atoms with Gasteiger partial charge in [0.1, 0.15) is 10.7 Å². The van der Waals surface area contributed by atoms with Gasteiger partial charge in [0.25, 0.3) is 0 Å². The fraction of sp³-hybridized carbons (Fsp3) is 0.562. The first-order valence-electron chi connectivity index (χ1n) is 7.89. The summed E-state index contributed by atoms with van der Waals surface area (Å²) in [5.41, 5.74) is 0.345. The molecule has 1 aromatic carbocycles. The van der Waals surface area contributed by atoms with Gasteiger partial charge in [-0.05, 0) is 44.9 Å². The van der Waals surface area contributed by atoms with Crippen LogP contribution in [-0.4, -0.2) is 43.4 Å². The van der Waals surface area contributed by atoms with Crippen molar-refractivity contribution in [2.24, 2.45) is 0 Å². The number of hydrogen-bond donors (Lipinski definition) is 1. The number of aryl methyl sites for hydroxylation is 1. The lowest BCUT2D eigenvalue weighted by Crippen LogP contribution is -2.53. The van der Waals surface area contributed by atoms with Gasteiger partial charge in [-0.2, -0.15) is 4.31 Å². The lowest BCUT2D eigenvalue weighted by atomic mass is 10.0. The number of hydrogen-bond acceptors (Lipinski definition) is 4. The molecule has 0 spiro atoms. The van der Waals surface area contributed by atoms with E-state index in [1.54, 1.807) is 6.92 Å². The average molecular weight is 356 g/mol. The number of halogens is 1. The average Bonchev–Trinajstić information content (AvgIpc) is 2.44. The van der Waals surface area contributed by atoms with Gasteiger partial charge in [-0.3, -0.25) is 4.79 Å². The molecule has 24 heavy (non-hydrogen) atoms. The normalized spacial score (nSPS) is 24.3. The van der Waals surface area contributed by atoms with Gasteiger partial charge in [-0.25, -0.2) is 12.8 Å². The Bertz CT molecular complexity index is 792.